The third-order valence-corrected chi connectivity index (χ3v) is 4.26. The van der Waals surface area contributed by atoms with E-state index in [0.717, 1.165) is 24.2 Å². The molecule has 0 aromatic heterocycles. The van der Waals surface area contributed by atoms with E-state index in [2.05, 4.69) is 16.7 Å². The summed E-state index contributed by atoms with van der Waals surface area (Å²) >= 11 is 5.98. The molecule has 2 N–H and O–H groups in total. The predicted molar refractivity (Wildman–Crippen MR) is 93.5 cm³/mol. The Morgan fingerprint density at radius 2 is 2.14 bits per heavy atom. The Morgan fingerprint density at radius 3 is 2.91 bits per heavy atom. The van der Waals surface area contributed by atoms with Crippen molar-refractivity contribution in [1.82, 2.24) is 5.32 Å². The molecule has 1 amide bonds. The summed E-state index contributed by atoms with van der Waals surface area (Å²) < 4.78 is 0. The van der Waals surface area contributed by atoms with Crippen molar-refractivity contribution in [2.45, 2.75) is 45.4 Å². The number of nitrogens with one attached hydrogen (secondary N) is 2. The monoisotopic (exact) mass is 320 g/mol. The SMILES string of the molecule is Cc1ccc(Cl)cc1NCCC(=O)NCCC1=CCCCC1. The molecule has 4 heteroatoms. The van der Waals surface area contributed by atoms with Crippen LogP contribution in [0.5, 0.6) is 0 Å². The lowest BCUT2D eigenvalue weighted by Gasteiger charge is -2.13. The normalized spacial score (nSPS) is 14.4. The molecule has 0 unspecified atom stereocenters. The second-order valence-corrected chi connectivity index (χ2v) is 6.28. The summed E-state index contributed by atoms with van der Waals surface area (Å²) in [4.78, 5) is 11.8. The van der Waals surface area contributed by atoms with E-state index in [0.29, 0.717) is 18.0 Å². The van der Waals surface area contributed by atoms with E-state index in [-0.39, 0.29) is 5.91 Å². The van der Waals surface area contributed by atoms with Crippen LogP contribution in [0, 0.1) is 6.92 Å². The van der Waals surface area contributed by atoms with Crippen LogP contribution in [0.1, 0.15) is 44.1 Å². The third kappa shape index (κ3) is 5.72. The van der Waals surface area contributed by atoms with Gasteiger partial charge < -0.3 is 10.6 Å². The van der Waals surface area contributed by atoms with Crippen molar-refractivity contribution in [3.63, 3.8) is 0 Å². The minimum atomic E-state index is 0.101. The van der Waals surface area contributed by atoms with Crippen molar-refractivity contribution in [2.24, 2.45) is 0 Å². The standard InChI is InChI=1S/C18H25ClN2O/c1-14-7-8-16(19)13-17(14)20-12-10-18(22)21-11-9-15-5-3-2-4-6-15/h5,7-8,13,20H,2-4,6,9-12H2,1H3,(H,21,22). The number of amides is 1. The smallest absolute Gasteiger partial charge is 0.221 e. The zero-order valence-electron chi connectivity index (χ0n) is 13.3. The number of hydrogen-bond acceptors (Lipinski definition) is 2. The number of halogens is 1. The van der Waals surface area contributed by atoms with Gasteiger partial charge in [-0.15, -0.1) is 0 Å². The van der Waals surface area contributed by atoms with Gasteiger partial charge in [-0.3, -0.25) is 4.79 Å². The number of aryl methyl sites for hydroxylation is 1. The van der Waals surface area contributed by atoms with Crippen molar-refractivity contribution < 1.29 is 4.79 Å². The van der Waals surface area contributed by atoms with Crippen molar-refractivity contribution in [1.29, 1.82) is 0 Å². The molecular formula is C18H25ClN2O. The van der Waals surface area contributed by atoms with Gasteiger partial charge in [-0.25, -0.2) is 0 Å². The van der Waals surface area contributed by atoms with Gasteiger partial charge >= 0.3 is 0 Å². The first-order valence-electron chi connectivity index (χ1n) is 8.10. The maximum absolute atomic E-state index is 11.8. The second-order valence-electron chi connectivity index (χ2n) is 5.84. The Labute approximate surface area is 138 Å². The molecule has 1 aliphatic rings. The number of allylic oxidation sites excluding steroid dienone is 1. The third-order valence-electron chi connectivity index (χ3n) is 4.02. The molecule has 120 valence electrons. The van der Waals surface area contributed by atoms with E-state index in [1.54, 1.807) is 0 Å². The molecule has 1 aromatic rings. The fourth-order valence-electron chi connectivity index (χ4n) is 2.68. The van der Waals surface area contributed by atoms with E-state index >= 15 is 0 Å². The molecule has 1 aromatic carbocycles. The summed E-state index contributed by atoms with van der Waals surface area (Å²) in [6, 6.07) is 5.74. The molecule has 0 aliphatic heterocycles. The van der Waals surface area contributed by atoms with Crippen LogP contribution in [0.25, 0.3) is 0 Å². The van der Waals surface area contributed by atoms with Gasteiger partial charge in [-0.2, -0.15) is 0 Å². The topological polar surface area (TPSA) is 41.1 Å². The molecule has 0 radical (unpaired) electrons. The molecule has 0 atom stereocenters. The lowest BCUT2D eigenvalue weighted by atomic mass is 9.97. The predicted octanol–water partition coefficient (Wildman–Crippen LogP) is 4.46. The first-order chi connectivity index (χ1) is 10.6. The minimum Gasteiger partial charge on any atom is -0.384 e. The lowest BCUT2D eigenvalue weighted by Crippen LogP contribution is -2.26. The van der Waals surface area contributed by atoms with Crippen LogP contribution in [0.15, 0.2) is 29.8 Å². The van der Waals surface area contributed by atoms with E-state index < -0.39 is 0 Å². The zero-order chi connectivity index (χ0) is 15.8. The minimum absolute atomic E-state index is 0.101. The molecule has 0 fully saturated rings. The lowest BCUT2D eigenvalue weighted by molar-refractivity contribution is -0.120. The number of carbonyl (C=O) groups is 1. The van der Waals surface area contributed by atoms with Crippen molar-refractivity contribution in [3.8, 4) is 0 Å². The molecule has 0 heterocycles. The number of benzene rings is 1. The molecule has 0 spiro atoms. The van der Waals surface area contributed by atoms with E-state index in [4.69, 9.17) is 11.6 Å². The van der Waals surface area contributed by atoms with Gasteiger partial charge in [0.2, 0.25) is 5.91 Å². The van der Waals surface area contributed by atoms with Gasteiger partial charge in [-0.1, -0.05) is 29.3 Å². The van der Waals surface area contributed by atoms with E-state index in [1.807, 2.05) is 25.1 Å². The molecular weight excluding hydrogens is 296 g/mol. The molecule has 0 saturated heterocycles. The van der Waals surface area contributed by atoms with Gasteiger partial charge in [-0.05, 0) is 56.7 Å². The van der Waals surface area contributed by atoms with Gasteiger partial charge in [0, 0.05) is 30.2 Å². The summed E-state index contributed by atoms with van der Waals surface area (Å²) in [7, 11) is 0. The molecule has 22 heavy (non-hydrogen) atoms. The fraction of sp³-hybridized carbons (Fsp3) is 0.500. The second kappa shape index (κ2) is 8.84. The van der Waals surface area contributed by atoms with Gasteiger partial charge in [0.1, 0.15) is 0 Å². The average molecular weight is 321 g/mol. The number of carbonyl (C=O) groups excluding carboxylic acids is 1. The maximum atomic E-state index is 11.8. The summed E-state index contributed by atoms with van der Waals surface area (Å²) in [5.41, 5.74) is 3.63. The summed E-state index contributed by atoms with van der Waals surface area (Å²) in [6.07, 6.45) is 8.81. The number of anilines is 1. The highest BCUT2D eigenvalue weighted by molar-refractivity contribution is 6.30. The van der Waals surface area contributed by atoms with Gasteiger partial charge in [0.15, 0.2) is 0 Å². The summed E-state index contributed by atoms with van der Waals surface area (Å²) in [5, 5.41) is 6.97. The van der Waals surface area contributed by atoms with Gasteiger partial charge in [0.05, 0.1) is 0 Å². The van der Waals surface area contributed by atoms with Crippen LogP contribution in [0.3, 0.4) is 0 Å². The first kappa shape index (κ1) is 16.9. The zero-order valence-corrected chi connectivity index (χ0v) is 14.0. The Kier molecular flexibility index (Phi) is 6.78. The van der Waals surface area contributed by atoms with E-state index in [1.165, 1.54) is 31.3 Å². The highest BCUT2D eigenvalue weighted by Gasteiger charge is 2.05. The Hall–Kier alpha value is -1.48. The van der Waals surface area contributed by atoms with E-state index in [9.17, 15) is 4.79 Å². The first-order valence-corrected chi connectivity index (χ1v) is 8.47. The quantitative estimate of drug-likeness (QED) is 0.728. The average Bonchev–Trinajstić information content (AvgIpc) is 2.52. The Balaban J connectivity index is 1.63. The van der Waals surface area contributed by atoms with Crippen LogP contribution in [0.4, 0.5) is 5.69 Å². The molecule has 2 rings (SSSR count). The highest BCUT2D eigenvalue weighted by atomic mass is 35.5. The largest absolute Gasteiger partial charge is 0.384 e. The molecule has 3 nitrogen and oxygen atoms in total. The van der Waals surface area contributed by atoms with Crippen molar-refractivity contribution in [2.75, 3.05) is 18.4 Å². The van der Waals surface area contributed by atoms with Crippen LogP contribution < -0.4 is 10.6 Å². The Bertz CT molecular complexity index is 540. The van der Waals surface area contributed by atoms with Crippen LogP contribution in [-0.2, 0) is 4.79 Å². The van der Waals surface area contributed by atoms with Crippen LogP contribution >= 0.6 is 11.6 Å². The van der Waals surface area contributed by atoms with Gasteiger partial charge in [0.25, 0.3) is 0 Å². The van der Waals surface area contributed by atoms with Crippen LogP contribution in [-0.4, -0.2) is 19.0 Å². The maximum Gasteiger partial charge on any atom is 0.221 e. The Morgan fingerprint density at radius 1 is 1.27 bits per heavy atom. The highest BCUT2D eigenvalue weighted by Crippen LogP contribution is 2.20. The number of rotatable bonds is 7. The summed E-state index contributed by atoms with van der Waals surface area (Å²) in [6.45, 7) is 3.40. The molecule has 1 aliphatic carbocycles. The fourth-order valence-corrected chi connectivity index (χ4v) is 2.85. The molecule has 0 bridgehead atoms. The summed E-state index contributed by atoms with van der Waals surface area (Å²) in [5.74, 6) is 0.101. The van der Waals surface area contributed by atoms with Crippen LogP contribution in [0.2, 0.25) is 5.02 Å². The number of hydrogen-bond donors (Lipinski definition) is 2. The molecule has 0 saturated carbocycles. The van der Waals surface area contributed by atoms with Crippen molar-refractivity contribution in [3.05, 3.63) is 40.4 Å². The van der Waals surface area contributed by atoms with Crippen molar-refractivity contribution >= 4 is 23.2 Å².